The van der Waals surface area contributed by atoms with Gasteiger partial charge >= 0.3 is 0 Å². The Morgan fingerprint density at radius 3 is 2.83 bits per heavy atom. The Hall–Kier alpha value is -1.23. The maximum Gasteiger partial charge on any atom is 0.280 e. The average molecular weight is 315 g/mol. The molecule has 0 spiro atoms. The van der Waals surface area contributed by atoms with E-state index in [4.69, 9.17) is 0 Å². The lowest BCUT2D eigenvalue weighted by atomic mass is 10.1. The summed E-state index contributed by atoms with van der Waals surface area (Å²) in [4.78, 5) is 4.01. The van der Waals surface area contributed by atoms with E-state index in [1.54, 1.807) is 6.07 Å². The monoisotopic (exact) mass is 314 g/mol. The molecule has 1 aromatic carbocycles. The summed E-state index contributed by atoms with van der Waals surface area (Å²) in [6.45, 7) is 2.77. The van der Waals surface area contributed by atoms with Gasteiger partial charge in [0.1, 0.15) is 5.69 Å². The van der Waals surface area contributed by atoms with E-state index in [1.807, 2.05) is 19.1 Å². The minimum absolute atomic E-state index is 0.201. The van der Waals surface area contributed by atoms with Crippen molar-refractivity contribution < 1.29 is 8.78 Å². The highest BCUT2D eigenvalue weighted by Gasteiger charge is 2.14. The molecule has 0 aliphatic rings. The van der Waals surface area contributed by atoms with Crippen LogP contribution in [-0.4, -0.2) is 11.5 Å². The molecule has 2 nitrogen and oxygen atoms in total. The molecule has 1 heterocycles. The zero-order chi connectivity index (χ0) is 13.1. The molecule has 2 rings (SSSR count). The van der Waals surface area contributed by atoms with Gasteiger partial charge in [0.05, 0.1) is 5.52 Å². The largest absolute Gasteiger partial charge is 0.384 e. The fraction of sp³-hybridized carbons (Fsp3) is 0.308. The minimum atomic E-state index is -2.57. The second-order valence-electron chi connectivity index (χ2n) is 3.96. The molecule has 1 aromatic heterocycles. The van der Waals surface area contributed by atoms with Gasteiger partial charge in [-0.3, -0.25) is 0 Å². The molecule has 0 saturated heterocycles. The van der Waals surface area contributed by atoms with E-state index in [9.17, 15) is 8.78 Å². The first-order chi connectivity index (χ1) is 8.63. The van der Waals surface area contributed by atoms with Gasteiger partial charge in [0, 0.05) is 22.1 Å². The van der Waals surface area contributed by atoms with E-state index in [0.29, 0.717) is 11.2 Å². The minimum Gasteiger partial charge on any atom is -0.384 e. The number of hydrogen-bond donors (Lipinski definition) is 1. The predicted molar refractivity (Wildman–Crippen MR) is 73.2 cm³/mol. The fourth-order valence-electron chi connectivity index (χ4n) is 1.75. The number of benzene rings is 1. The Kier molecular flexibility index (Phi) is 4.11. The second kappa shape index (κ2) is 5.61. The van der Waals surface area contributed by atoms with Crippen molar-refractivity contribution in [1.29, 1.82) is 0 Å². The third-order valence-electron chi connectivity index (χ3n) is 2.60. The van der Waals surface area contributed by atoms with Crippen LogP contribution in [0.15, 0.2) is 28.7 Å². The number of anilines is 1. The van der Waals surface area contributed by atoms with Crippen LogP contribution in [0.3, 0.4) is 0 Å². The predicted octanol–water partition coefficient (Wildman–Crippen LogP) is 4.76. The van der Waals surface area contributed by atoms with Crippen LogP contribution in [-0.2, 0) is 0 Å². The fourth-order valence-corrected chi connectivity index (χ4v) is 2.21. The molecule has 0 fully saturated rings. The van der Waals surface area contributed by atoms with Gasteiger partial charge in [0.15, 0.2) is 0 Å². The van der Waals surface area contributed by atoms with Crippen LogP contribution in [0.1, 0.15) is 25.5 Å². The zero-order valence-electron chi connectivity index (χ0n) is 9.88. The lowest BCUT2D eigenvalue weighted by molar-refractivity contribution is 0.146. The molecular formula is C13H13BrF2N2. The van der Waals surface area contributed by atoms with Crippen molar-refractivity contribution in [3.63, 3.8) is 0 Å². The third kappa shape index (κ3) is 2.61. The quantitative estimate of drug-likeness (QED) is 0.880. The van der Waals surface area contributed by atoms with Gasteiger partial charge in [-0.15, -0.1) is 0 Å². The molecule has 18 heavy (non-hydrogen) atoms. The van der Waals surface area contributed by atoms with E-state index in [-0.39, 0.29) is 5.69 Å². The van der Waals surface area contributed by atoms with E-state index < -0.39 is 6.43 Å². The summed E-state index contributed by atoms with van der Waals surface area (Å²) >= 11 is 3.35. The summed E-state index contributed by atoms with van der Waals surface area (Å²) in [7, 11) is 0. The normalized spacial score (nSPS) is 11.2. The summed E-state index contributed by atoms with van der Waals surface area (Å²) in [5, 5.41) is 4.01. The van der Waals surface area contributed by atoms with E-state index >= 15 is 0 Å². The van der Waals surface area contributed by atoms with Gasteiger partial charge in [-0.2, -0.15) is 0 Å². The van der Waals surface area contributed by atoms with Gasteiger partial charge in [-0.25, -0.2) is 13.8 Å². The van der Waals surface area contributed by atoms with Crippen LogP contribution in [0.4, 0.5) is 14.5 Å². The standard InChI is InChI=1S/C13H13BrF2N2/c1-2-6-17-10-7-11(13(15)16)18-12-8(10)4-3-5-9(12)14/h3-5,7,13H,2,6H2,1H3,(H,17,18). The van der Waals surface area contributed by atoms with Crippen LogP contribution in [0.2, 0.25) is 0 Å². The maximum atomic E-state index is 12.8. The van der Waals surface area contributed by atoms with Crippen molar-refractivity contribution >= 4 is 32.5 Å². The molecule has 96 valence electrons. The summed E-state index contributed by atoms with van der Waals surface area (Å²) < 4.78 is 26.4. The lowest BCUT2D eigenvalue weighted by Gasteiger charge is -2.11. The molecule has 0 atom stereocenters. The van der Waals surface area contributed by atoms with E-state index in [0.717, 1.165) is 22.8 Å². The van der Waals surface area contributed by atoms with Crippen LogP contribution in [0.5, 0.6) is 0 Å². The Labute approximate surface area is 113 Å². The van der Waals surface area contributed by atoms with Crippen LogP contribution in [0.25, 0.3) is 10.9 Å². The first-order valence-electron chi connectivity index (χ1n) is 5.74. The number of halogens is 3. The molecule has 0 aliphatic heterocycles. The number of hydrogen-bond acceptors (Lipinski definition) is 2. The SMILES string of the molecule is CCCNc1cc(C(F)F)nc2c(Br)cccc12. The Morgan fingerprint density at radius 2 is 2.17 bits per heavy atom. The van der Waals surface area contributed by atoms with Gasteiger partial charge in [-0.1, -0.05) is 19.1 Å². The van der Waals surface area contributed by atoms with Gasteiger partial charge < -0.3 is 5.32 Å². The maximum absolute atomic E-state index is 12.8. The number of rotatable bonds is 4. The van der Waals surface area contributed by atoms with Crippen molar-refractivity contribution in [2.45, 2.75) is 19.8 Å². The highest BCUT2D eigenvalue weighted by Crippen LogP contribution is 2.31. The van der Waals surface area contributed by atoms with E-state index in [1.165, 1.54) is 6.07 Å². The summed E-state index contributed by atoms with van der Waals surface area (Å²) in [5.41, 5.74) is 1.07. The Bertz CT molecular complexity index is 558. The molecule has 0 radical (unpaired) electrons. The molecule has 0 saturated carbocycles. The first-order valence-corrected chi connectivity index (χ1v) is 6.54. The first kappa shape index (κ1) is 13.2. The molecular weight excluding hydrogens is 302 g/mol. The number of pyridine rings is 1. The Morgan fingerprint density at radius 1 is 1.39 bits per heavy atom. The highest BCUT2D eigenvalue weighted by atomic mass is 79.9. The number of nitrogens with zero attached hydrogens (tertiary/aromatic N) is 1. The van der Waals surface area contributed by atoms with Gasteiger partial charge in [-0.05, 0) is 34.5 Å². The molecule has 0 aliphatic carbocycles. The van der Waals surface area contributed by atoms with Crippen LogP contribution < -0.4 is 5.32 Å². The number of fused-ring (bicyclic) bond motifs is 1. The van der Waals surface area contributed by atoms with Gasteiger partial charge in [0.25, 0.3) is 6.43 Å². The summed E-state index contributed by atoms with van der Waals surface area (Å²) in [5.74, 6) is 0. The summed E-state index contributed by atoms with van der Waals surface area (Å²) in [6.07, 6.45) is -1.63. The zero-order valence-corrected chi connectivity index (χ0v) is 11.5. The number of para-hydroxylation sites is 1. The van der Waals surface area contributed by atoms with Crippen molar-refractivity contribution in [3.05, 3.63) is 34.4 Å². The van der Waals surface area contributed by atoms with Gasteiger partial charge in [0.2, 0.25) is 0 Å². The van der Waals surface area contributed by atoms with Crippen LogP contribution in [0, 0.1) is 0 Å². The molecule has 5 heteroatoms. The second-order valence-corrected chi connectivity index (χ2v) is 4.81. The third-order valence-corrected chi connectivity index (χ3v) is 3.24. The Balaban J connectivity index is 2.61. The van der Waals surface area contributed by atoms with Crippen LogP contribution >= 0.6 is 15.9 Å². The molecule has 0 amide bonds. The van der Waals surface area contributed by atoms with E-state index in [2.05, 4.69) is 26.2 Å². The van der Waals surface area contributed by atoms with Crippen molar-refractivity contribution in [1.82, 2.24) is 4.98 Å². The molecule has 1 N–H and O–H groups in total. The summed E-state index contributed by atoms with van der Waals surface area (Å²) in [6, 6.07) is 6.97. The lowest BCUT2D eigenvalue weighted by Crippen LogP contribution is -2.03. The van der Waals surface area contributed by atoms with Crippen molar-refractivity contribution in [2.24, 2.45) is 0 Å². The number of aromatic nitrogens is 1. The van der Waals surface area contributed by atoms with Crippen molar-refractivity contribution in [3.8, 4) is 0 Å². The molecule has 0 bridgehead atoms. The average Bonchev–Trinajstić information content (AvgIpc) is 2.36. The molecule has 2 aromatic rings. The number of alkyl halides is 2. The number of nitrogens with one attached hydrogen (secondary N) is 1. The highest BCUT2D eigenvalue weighted by molar-refractivity contribution is 9.10. The smallest absolute Gasteiger partial charge is 0.280 e. The molecule has 0 unspecified atom stereocenters. The topological polar surface area (TPSA) is 24.9 Å². The van der Waals surface area contributed by atoms with Crippen molar-refractivity contribution in [2.75, 3.05) is 11.9 Å².